The van der Waals surface area contributed by atoms with Crippen LogP contribution in [-0.4, -0.2) is 19.7 Å². The molecule has 0 saturated heterocycles. The lowest BCUT2D eigenvalue weighted by molar-refractivity contribution is 0.169. The van der Waals surface area contributed by atoms with Gasteiger partial charge >= 0.3 is 0 Å². The minimum atomic E-state index is 0.670. The molecule has 1 N–H and O–H groups in total. The predicted molar refractivity (Wildman–Crippen MR) is 88.2 cm³/mol. The summed E-state index contributed by atoms with van der Waals surface area (Å²) in [6.07, 6.45) is 6.51. The molecule has 0 bridgehead atoms. The van der Waals surface area contributed by atoms with E-state index in [1.807, 2.05) is 24.3 Å². The topological polar surface area (TPSA) is 21.3 Å². The maximum absolute atomic E-state index is 5.89. The number of benzene rings is 1. The van der Waals surface area contributed by atoms with Crippen LogP contribution < -0.4 is 10.1 Å². The van der Waals surface area contributed by atoms with Crippen LogP contribution in [-0.2, 0) is 0 Å². The van der Waals surface area contributed by atoms with Crippen LogP contribution in [0.25, 0.3) is 0 Å². The first kappa shape index (κ1) is 15.8. The van der Waals surface area contributed by atoms with E-state index in [2.05, 4.69) is 35.2 Å². The molecule has 0 aromatic heterocycles. The summed E-state index contributed by atoms with van der Waals surface area (Å²) < 4.78 is 6.97. The summed E-state index contributed by atoms with van der Waals surface area (Å²) in [6.45, 7) is 3.13. The zero-order valence-electron chi connectivity index (χ0n) is 12.6. The molecule has 3 atom stereocenters. The smallest absolute Gasteiger partial charge is 0.120 e. The highest BCUT2D eigenvalue weighted by molar-refractivity contribution is 9.10. The van der Waals surface area contributed by atoms with Crippen molar-refractivity contribution in [3.8, 4) is 5.75 Å². The summed E-state index contributed by atoms with van der Waals surface area (Å²) in [5, 5.41) is 3.49. The Kier molecular flexibility index (Phi) is 6.37. The van der Waals surface area contributed by atoms with E-state index in [0.717, 1.165) is 35.1 Å². The Balaban J connectivity index is 1.81. The summed E-state index contributed by atoms with van der Waals surface area (Å²) in [5.41, 5.74) is 0. The molecule has 2 nitrogen and oxygen atoms in total. The minimum Gasteiger partial charge on any atom is -0.494 e. The SMILES string of the molecule is CCC1CCC(NC)C(CCOc2cccc(Br)c2)C1. The fourth-order valence-electron chi connectivity index (χ4n) is 3.32. The van der Waals surface area contributed by atoms with Crippen LogP contribution >= 0.6 is 15.9 Å². The van der Waals surface area contributed by atoms with Gasteiger partial charge in [0.1, 0.15) is 5.75 Å². The Labute approximate surface area is 131 Å². The third kappa shape index (κ3) is 4.49. The first-order chi connectivity index (χ1) is 9.72. The average Bonchev–Trinajstić information content (AvgIpc) is 2.47. The van der Waals surface area contributed by atoms with Gasteiger partial charge in [0, 0.05) is 10.5 Å². The van der Waals surface area contributed by atoms with Crippen LogP contribution in [0.5, 0.6) is 5.75 Å². The van der Waals surface area contributed by atoms with Crippen LogP contribution in [0.3, 0.4) is 0 Å². The van der Waals surface area contributed by atoms with Crippen LogP contribution in [0, 0.1) is 11.8 Å². The highest BCUT2D eigenvalue weighted by atomic mass is 79.9. The second kappa shape index (κ2) is 8.04. The molecule has 0 aliphatic heterocycles. The molecular weight excluding hydrogens is 314 g/mol. The molecule has 2 rings (SSSR count). The number of nitrogens with one attached hydrogen (secondary N) is 1. The number of halogens is 1. The van der Waals surface area contributed by atoms with Crippen LogP contribution in [0.1, 0.15) is 39.0 Å². The van der Waals surface area contributed by atoms with Crippen molar-refractivity contribution in [2.24, 2.45) is 11.8 Å². The van der Waals surface area contributed by atoms with Gasteiger partial charge in [-0.05, 0) is 62.8 Å². The van der Waals surface area contributed by atoms with Gasteiger partial charge in [-0.1, -0.05) is 35.3 Å². The standard InChI is InChI=1S/C17H26BrNO/c1-3-13-7-8-17(19-2)14(11-13)9-10-20-16-6-4-5-15(18)12-16/h4-6,12-14,17,19H,3,7-11H2,1-2H3. The molecule has 20 heavy (non-hydrogen) atoms. The third-order valence-corrected chi connectivity index (χ3v) is 5.09. The van der Waals surface area contributed by atoms with Gasteiger partial charge in [-0.2, -0.15) is 0 Å². The fourth-order valence-corrected chi connectivity index (χ4v) is 3.69. The molecule has 3 unspecified atom stereocenters. The molecule has 3 heteroatoms. The summed E-state index contributed by atoms with van der Waals surface area (Å²) in [5.74, 6) is 2.63. The van der Waals surface area contributed by atoms with Crippen molar-refractivity contribution >= 4 is 15.9 Å². The van der Waals surface area contributed by atoms with E-state index >= 15 is 0 Å². The Hall–Kier alpha value is -0.540. The first-order valence-corrected chi connectivity index (χ1v) is 8.57. The molecule has 0 amide bonds. The monoisotopic (exact) mass is 339 g/mol. The fraction of sp³-hybridized carbons (Fsp3) is 0.647. The molecule has 1 fully saturated rings. The normalized spacial score (nSPS) is 26.4. The van der Waals surface area contributed by atoms with E-state index in [0.29, 0.717) is 6.04 Å². The molecule has 1 aliphatic rings. The van der Waals surface area contributed by atoms with E-state index in [-0.39, 0.29) is 0 Å². The molecule has 1 aliphatic carbocycles. The van der Waals surface area contributed by atoms with E-state index in [1.54, 1.807) is 0 Å². The average molecular weight is 340 g/mol. The molecular formula is C17H26BrNO. The largest absolute Gasteiger partial charge is 0.494 e. The van der Waals surface area contributed by atoms with E-state index in [1.165, 1.54) is 25.7 Å². The minimum absolute atomic E-state index is 0.670. The third-order valence-electron chi connectivity index (χ3n) is 4.59. The summed E-state index contributed by atoms with van der Waals surface area (Å²) in [7, 11) is 2.10. The van der Waals surface area contributed by atoms with Gasteiger partial charge in [-0.15, -0.1) is 0 Å². The molecule has 1 saturated carbocycles. The zero-order chi connectivity index (χ0) is 14.4. The van der Waals surface area contributed by atoms with Gasteiger partial charge in [0.2, 0.25) is 0 Å². The molecule has 0 radical (unpaired) electrons. The highest BCUT2D eigenvalue weighted by Crippen LogP contribution is 2.33. The Bertz CT molecular complexity index is 410. The Morgan fingerprint density at radius 3 is 2.90 bits per heavy atom. The maximum Gasteiger partial charge on any atom is 0.120 e. The summed E-state index contributed by atoms with van der Waals surface area (Å²) in [6, 6.07) is 8.77. The second-order valence-corrected chi connectivity index (χ2v) is 6.75. The van der Waals surface area contributed by atoms with Crippen LogP contribution in [0.2, 0.25) is 0 Å². The Morgan fingerprint density at radius 2 is 2.20 bits per heavy atom. The number of rotatable bonds is 6. The van der Waals surface area contributed by atoms with Crippen molar-refractivity contribution in [3.05, 3.63) is 28.7 Å². The number of ether oxygens (including phenoxy) is 1. The molecule has 112 valence electrons. The lowest BCUT2D eigenvalue weighted by Gasteiger charge is -2.35. The predicted octanol–water partition coefficient (Wildman–Crippen LogP) is 4.63. The van der Waals surface area contributed by atoms with Gasteiger partial charge in [0.25, 0.3) is 0 Å². The number of hydrogen-bond acceptors (Lipinski definition) is 2. The van der Waals surface area contributed by atoms with Crippen molar-refractivity contribution in [1.82, 2.24) is 5.32 Å². The van der Waals surface area contributed by atoms with Gasteiger partial charge in [-0.25, -0.2) is 0 Å². The van der Waals surface area contributed by atoms with Crippen molar-refractivity contribution in [1.29, 1.82) is 0 Å². The van der Waals surface area contributed by atoms with Crippen LogP contribution in [0.4, 0.5) is 0 Å². The quantitative estimate of drug-likeness (QED) is 0.815. The second-order valence-electron chi connectivity index (χ2n) is 5.84. The first-order valence-electron chi connectivity index (χ1n) is 7.78. The molecule has 0 spiro atoms. The molecule has 0 heterocycles. The van der Waals surface area contributed by atoms with Crippen LogP contribution in [0.15, 0.2) is 28.7 Å². The van der Waals surface area contributed by atoms with E-state index in [9.17, 15) is 0 Å². The maximum atomic E-state index is 5.89. The van der Waals surface area contributed by atoms with Crippen molar-refractivity contribution in [2.45, 2.75) is 45.1 Å². The summed E-state index contributed by atoms with van der Waals surface area (Å²) in [4.78, 5) is 0. The van der Waals surface area contributed by atoms with Gasteiger partial charge in [-0.3, -0.25) is 0 Å². The lowest BCUT2D eigenvalue weighted by atomic mass is 9.75. The van der Waals surface area contributed by atoms with E-state index in [4.69, 9.17) is 4.74 Å². The van der Waals surface area contributed by atoms with Crippen molar-refractivity contribution < 1.29 is 4.74 Å². The van der Waals surface area contributed by atoms with Crippen molar-refractivity contribution in [2.75, 3.05) is 13.7 Å². The highest BCUT2D eigenvalue weighted by Gasteiger charge is 2.28. The molecule has 1 aromatic carbocycles. The van der Waals surface area contributed by atoms with Gasteiger partial charge < -0.3 is 10.1 Å². The lowest BCUT2D eigenvalue weighted by Crippen LogP contribution is -2.39. The van der Waals surface area contributed by atoms with Gasteiger partial charge in [0.15, 0.2) is 0 Å². The zero-order valence-corrected chi connectivity index (χ0v) is 14.2. The van der Waals surface area contributed by atoms with E-state index < -0.39 is 0 Å². The molecule has 1 aromatic rings. The van der Waals surface area contributed by atoms with Crippen molar-refractivity contribution in [3.63, 3.8) is 0 Å². The Morgan fingerprint density at radius 1 is 1.35 bits per heavy atom. The summed E-state index contributed by atoms with van der Waals surface area (Å²) >= 11 is 3.48. The number of hydrogen-bond donors (Lipinski definition) is 1. The van der Waals surface area contributed by atoms with Gasteiger partial charge in [0.05, 0.1) is 6.61 Å².